The summed E-state index contributed by atoms with van der Waals surface area (Å²) in [5.74, 6) is 0. The third-order valence-electron chi connectivity index (χ3n) is 1.91. The van der Waals surface area contributed by atoms with Crippen molar-refractivity contribution in [1.29, 1.82) is 0 Å². The number of nitrogens with one attached hydrogen (secondary N) is 1. The van der Waals surface area contributed by atoms with E-state index in [-0.39, 0.29) is 5.56 Å². The Kier molecular flexibility index (Phi) is 2.88. The molecule has 0 aliphatic carbocycles. The molecule has 0 saturated carbocycles. The molecule has 0 spiro atoms. The van der Waals surface area contributed by atoms with Crippen molar-refractivity contribution in [3.05, 3.63) is 53.9 Å². The molecule has 0 aromatic carbocycles. The summed E-state index contributed by atoms with van der Waals surface area (Å²) in [6.07, 6.45) is 1.36. The first-order valence-electron chi connectivity index (χ1n) is 4.19. The lowest BCUT2D eigenvalue weighted by Crippen LogP contribution is -2.35. The number of hydrogen-bond acceptors (Lipinski definition) is 3. The first kappa shape index (κ1) is 10.4. The molecule has 1 N–H and O–H groups in total. The van der Waals surface area contributed by atoms with Gasteiger partial charge in [-0.05, 0) is 27.4 Å². The van der Waals surface area contributed by atoms with Gasteiger partial charge in [-0.25, -0.2) is 4.79 Å². The van der Waals surface area contributed by atoms with Gasteiger partial charge in [0, 0.05) is 11.1 Å². The van der Waals surface area contributed by atoms with Crippen LogP contribution >= 0.6 is 27.3 Å². The summed E-state index contributed by atoms with van der Waals surface area (Å²) in [4.78, 5) is 26.5. The minimum Gasteiger partial charge on any atom is -0.313 e. The molecule has 0 aliphatic rings. The maximum Gasteiger partial charge on any atom is 0.328 e. The Balaban J connectivity index is 2.49. The minimum atomic E-state index is -0.392. The van der Waals surface area contributed by atoms with E-state index in [1.165, 1.54) is 17.5 Å². The van der Waals surface area contributed by atoms with Crippen molar-refractivity contribution >= 4 is 27.3 Å². The van der Waals surface area contributed by atoms with Crippen LogP contribution in [0.3, 0.4) is 0 Å². The SMILES string of the molecule is O=c1[nH]cc(Br)c(=O)n1Cc1cccs1. The Bertz CT molecular complexity index is 571. The van der Waals surface area contributed by atoms with Crippen LogP contribution in [0.25, 0.3) is 0 Å². The van der Waals surface area contributed by atoms with E-state index in [4.69, 9.17) is 0 Å². The number of aromatic amines is 1. The Morgan fingerprint density at radius 3 is 2.93 bits per heavy atom. The molecule has 6 heteroatoms. The lowest BCUT2D eigenvalue weighted by atomic mass is 10.4. The number of nitrogens with zero attached hydrogens (tertiary/aromatic N) is 1. The van der Waals surface area contributed by atoms with Crippen LogP contribution < -0.4 is 11.2 Å². The van der Waals surface area contributed by atoms with E-state index in [2.05, 4.69) is 20.9 Å². The van der Waals surface area contributed by atoms with Gasteiger partial charge in [-0.1, -0.05) is 6.07 Å². The molecule has 2 rings (SSSR count). The van der Waals surface area contributed by atoms with Crippen LogP contribution in [0.5, 0.6) is 0 Å². The second kappa shape index (κ2) is 4.16. The summed E-state index contributed by atoms with van der Waals surface area (Å²) in [5.41, 5.74) is -0.705. The summed E-state index contributed by atoms with van der Waals surface area (Å²) in [7, 11) is 0. The molecule has 2 heterocycles. The summed E-state index contributed by atoms with van der Waals surface area (Å²) in [6.45, 7) is 0.311. The van der Waals surface area contributed by atoms with Crippen LogP contribution in [0.15, 0.2) is 37.8 Å². The predicted octanol–water partition coefficient (Wildman–Crippen LogP) is 1.41. The average molecular weight is 287 g/mol. The predicted molar refractivity (Wildman–Crippen MR) is 62.4 cm³/mol. The minimum absolute atomic E-state index is 0.311. The molecule has 0 fully saturated rings. The molecular weight excluding hydrogens is 280 g/mol. The fourth-order valence-corrected chi connectivity index (χ4v) is 2.21. The topological polar surface area (TPSA) is 54.9 Å². The normalized spacial score (nSPS) is 10.5. The third kappa shape index (κ3) is 2.10. The molecule has 2 aromatic heterocycles. The third-order valence-corrected chi connectivity index (χ3v) is 3.34. The first-order valence-corrected chi connectivity index (χ1v) is 5.86. The zero-order chi connectivity index (χ0) is 10.8. The van der Waals surface area contributed by atoms with Gasteiger partial charge in [0.2, 0.25) is 0 Å². The standard InChI is InChI=1S/C9H7BrN2O2S/c10-7-4-11-9(14)12(8(7)13)5-6-2-1-3-15-6/h1-4H,5H2,(H,11,14). The number of H-pyrrole nitrogens is 1. The number of hydrogen-bond donors (Lipinski definition) is 1. The highest BCUT2D eigenvalue weighted by molar-refractivity contribution is 9.10. The molecule has 2 aromatic rings. The van der Waals surface area contributed by atoms with Crippen LogP contribution in [0, 0.1) is 0 Å². The van der Waals surface area contributed by atoms with Crippen molar-refractivity contribution in [2.45, 2.75) is 6.54 Å². The van der Waals surface area contributed by atoms with Crippen molar-refractivity contribution < 1.29 is 0 Å². The van der Waals surface area contributed by atoms with E-state index in [1.54, 1.807) is 0 Å². The van der Waals surface area contributed by atoms with Gasteiger partial charge in [0.15, 0.2) is 0 Å². The first-order chi connectivity index (χ1) is 7.18. The van der Waals surface area contributed by atoms with Gasteiger partial charge in [0.05, 0.1) is 11.0 Å². The Hall–Kier alpha value is -1.14. The number of aromatic nitrogens is 2. The zero-order valence-corrected chi connectivity index (χ0v) is 9.97. The van der Waals surface area contributed by atoms with E-state index in [1.807, 2.05) is 17.5 Å². The van der Waals surface area contributed by atoms with Crippen molar-refractivity contribution in [3.8, 4) is 0 Å². The van der Waals surface area contributed by atoms with Crippen molar-refractivity contribution in [2.75, 3.05) is 0 Å². The number of thiophene rings is 1. The van der Waals surface area contributed by atoms with Gasteiger partial charge < -0.3 is 4.98 Å². The quantitative estimate of drug-likeness (QED) is 0.908. The average Bonchev–Trinajstić information content (AvgIpc) is 2.71. The lowest BCUT2D eigenvalue weighted by Gasteiger charge is -2.01. The van der Waals surface area contributed by atoms with E-state index in [9.17, 15) is 9.59 Å². The highest BCUT2D eigenvalue weighted by Gasteiger charge is 2.05. The van der Waals surface area contributed by atoms with Gasteiger partial charge in [0.25, 0.3) is 5.56 Å². The van der Waals surface area contributed by atoms with Gasteiger partial charge in [0.1, 0.15) is 0 Å². The number of halogens is 1. The highest BCUT2D eigenvalue weighted by atomic mass is 79.9. The molecule has 4 nitrogen and oxygen atoms in total. The van der Waals surface area contributed by atoms with Gasteiger partial charge in [-0.2, -0.15) is 0 Å². The second-order valence-electron chi connectivity index (χ2n) is 2.91. The fraction of sp³-hybridized carbons (Fsp3) is 0.111. The monoisotopic (exact) mass is 286 g/mol. The van der Waals surface area contributed by atoms with Crippen LogP contribution in [-0.4, -0.2) is 9.55 Å². The Morgan fingerprint density at radius 2 is 2.27 bits per heavy atom. The maximum atomic E-state index is 11.6. The lowest BCUT2D eigenvalue weighted by molar-refractivity contribution is 0.701. The second-order valence-corrected chi connectivity index (χ2v) is 4.80. The van der Waals surface area contributed by atoms with Crippen molar-refractivity contribution in [3.63, 3.8) is 0 Å². The maximum absolute atomic E-state index is 11.6. The van der Waals surface area contributed by atoms with Gasteiger partial charge >= 0.3 is 5.69 Å². The summed E-state index contributed by atoms with van der Waals surface area (Å²) < 4.78 is 1.52. The number of rotatable bonds is 2. The molecule has 0 aliphatic heterocycles. The van der Waals surface area contributed by atoms with Crippen molar-refractivity contribution in [1.82, 2.24) is 9.55 Å². The van der Waals surface area contributed by atoms with Crippen LogP contribution in [0.4, 0.5) is 0 Å². The van der Waals surface area contributed by atoms with E-state index in [0.29, 0.717) is 11.0 Å². The van der Waals surface area contributed by atoms with Crippen LogP contribution in [0.2, 0.25) is 0 Å². The summed E-state index contributed by atoms with van der Waals surface area (Å²) in [6, 6.07) is 3.77. The zero-order valence-electron chi connectivity index (χ0n) is 7.57. The van der Waals surface area contributed by atoms with Crippen molar-refractivity contribution in [2.24, 2.45) is 0 Å². The molecule has 0 amide bonds. The van der Waals surface area contributed by atoms with Crippen LogP contribution in [-0.2, 0) is 6.54 Å². The Labute approximate surface area is 97.3 Å². The van der Waals surface area contributed by atoms with Gasteiger partial charge in [-0.3, -0.25) is 9.36 Å². The molecule has 78 valence electrons. The largest absolute Gasteiger partial charge is 0.328 e. The van der Waals surface area contributed by atoms with E-state index < -0.39 is 5.69 Å². The molecule has 0 unspecified atom stereocenters. The molecule has 0 atom stereocenters. The molecule has 15 heavy (non-hydrogen) atoms. The Morgan fingerprint density at radius 1 is 1.47 bits per heavy atom. The van der Waals surface area contributed by atoms with E-state index in [0.717, 1.165) is 9.44 Å². The fourth-order valence-electron chi connectivity index (χ4n) is 1.19. The molecule has 0 saturated heterocycles. The highest BCUT2D eigenvalue weighted by Crippen LogP contribution is 2.08. The van der Waals surface area contributed by atoms with E-state index >= 15 is 0 Å². The van der Waals surface area contributed by atoms with Gasteiger partial charge in [-0.15, -0.1) is 11.3 Å². The smallest absolute Gasteiger partial charge is 0.313 e. The summed E-state index contributed by atoms with van der Waals surface area (Å²) >= 11 is 4.60. The summed E-state index contributed by atoms with van der Waals surface area (Å²) in [5, 5.41) is 1.91. The van der Waals surface area contributed by atoms with Crippen LogP contribution in [0.1, 0.15) is 4.88 Å². The molecule has 0 radical (unpaired) electrons. The molecular formula is C9H7BrN2O2S. The molecule has 0 bridgehead atoms.